The molecule has 0 saturated carbocycles. The number of nitrogens with zero attached hydrogens (tertiary/aromatic N) is 3. The number of halogens is 1. The summed E-state index contributed by atoms with van der Waals surface area (Å²) in [6.45, 7) is 2.69. The maximum atomic E-state index is 14.6. The Labute approximate surface area is 157 Å². The number of pyridine rings is 1. The first-order valence-corrected chi connectivity index (χ1v) is 8.86. The maximum Gasteiger partial charge on any atom is 0.152 e. The van der Waals surface area contributed by atoms with Crippen LogP contribution in [-0.4, -0.2) is 44.5 Å². The van der Waals surface area contributed by atoms with Gasteiger partial charge in [0.1, 0.15) is 17.3 Å². The zero-order valence-electron chi connectivity index (χ0n) is 15.1. The fraction of sp³-hybridized carbons (Fsp3) is 0.238. The molecule has 1 fully saturated rings. The second-order valence-corrected chi connectivity index (χ2v) is 6.24. The van der Waals surface area contributed by atoms with Crippen molar-refractivity contribution in [2.24, 2.45) is 4.99 Å². The van der Waals surface area contributed by atoms with Crippen LogP contribution < -0.4 is 4.90 Å². The number of aromatic nitrogens is 1. The normalized spacial score (nSPS) is 14.8. The number of morpholine rings is 1. The molecule has 1 aliphatic rings. The predicted molar refractivity (Wildman–Crippen MR) is 104 cm³/mol. The van der Waals surface area contributed by atoms with Crippen LogP contribution in [-0.2, 0) is 4.74 Å². The van der Waals surface area contributed by atoms with Crippen LogP contribution in [0.3, 0.4) is 0 Å². The zero-order valence-corrected chi connectivity index (χ0v) is 15.1. The number of rotatable bonds is 4. The second-order valence-electron chi connectivity index (χ2n) is 6.24. The number of benzene rings is 1. The molecule has 0 amide bonds. The largest absolute Gasteiger partial charge is 0.463 e. The fourth-order valence-corrected chi connectivity index (χ4v) is 3.27. The zero-order chi connectivity index (χ0) is 18.6. The van der Waals surface area contributed by atoms with Crippen molar-refractivity contribution >= 4 is 12.0 Å². The third kappa shape index (κ3) is 3.48. The van der Waals surface area contributed by atoms with Crippen molar-refractivity contribution in [1.82, 2.24) is 4.98 Å². The topological polar surface area (TPSA) is 50.9 Å². The minimum absolute atomic E-state index is 0.284. The van der Waals surface area contributed by atoms with Gasteiger partial charge in [-0.3, -0.25) is 4.99 Å². The van der Waals surface area contributed by atoms with Gasteiger partial charge in [-0.2, -0.15) is 0 Å². The summed E-state index contributed by atoms with van der Waals surface area (Å²) >= 11 is 0. The van der Waals surface area contributed by atoms with Crippen molar-refractivity contribution in [2.75, 3.05) is 38.3 Å². The SMILES string of the molecule is CN=Cc1c(-c2ccccc2F)cc(-c2ccco2)nc1N1CCOCC1. The van der Waals surface area contributed by atoms with E-state index >= 15 is 0 Å². The lowest BCUT2D eigenvalue weighted by Crippen LogP contribution is -2.37. The van der Waals surface area contributed by atoms with Gasteiger partial charge in [0.15, 0.2) is 5.76 Å². The first-order chi connectivity index (χ1) is 13.3. The maximum absolute atomic E-state index is 14.6. The first-order valence-electron chi connectivity index (χ1n) is 8.86. The van der Waals surface area contributed by atoms with Gasteiger partial charge in [-0.15, -0.1) is 0 Å². The summed E-state index contributed by atoms with van der Waals surface area (Å²) in [6.07, 6.45) is 3.35. The summed E-state index contributed by atoms with van der Waals surface area (Å²) in [6, 6.07) is 12.3. The average molecular weight is 365 g/mol. The molecular weight excluding hydrogens is 345 g/mol. The Morgan fingerprint density at radius 3 is 2.63 bits per heavy atom. The molecule has 1 aromatic carbocycles. The lowest BCUT2D eigenvalue weighted by atomic mass is 9.98. The molecule has 27 heavy (non-hydrogen) atoms. The summed E-state index contributed by atoms with van der Waals surface area (Å²) in [7, 11) is 1.70. The quantitative estimate of drug-likeness (QED) is 0.655. The molecule has 0 atom stereocenters. The van der Waals surface area contributed by atoms with Crippen molar-refractivity contribution in [3.05, 3.63) is 60.1 Å². The summed E-state index contributed by atoms with van der Waals surface area (Å²) in [4.78, 5) is 11.2. The van der Waals surface area contributed by atoms with Crippen molar-refractivity contribution in [2.45, 2.75) is 0 Å². The van der Waals surface area contributed by atoms with Gasteiger partial charge in [0.25, 0.3) is 0 Å². The molecule has 138 valence electrons. The molecule has 3 heterocycles. The third-order valence-electron chi connectivity index (χ3n) is 4.54. The summed E-state index contributed by atoms with van der Waals surface area (Å²) in [5.74, 6) is 1.12. The molecule has 3 aromatic rings. The molecule has 0 spiro atoms. The molecule has 0 unspecified atom stereocenters. The van der Waals surface area contributed by atoms with E-state index in [0.29, 0.717) is 30.2 Å². The number of hydrogen-bond acceptors (Lipinski definition) is 5. The third-order valence-corrected chi connectivity index (χ3v) is 4.54. The molecule has 0 N–H and O–H groups in total. The van der Waals surface area contributed by atoms with Crippen molar-refractivity contribution < 1.29 is 13.5 Å². The van der Waals surface area contributed by atoms with Crippen LogP contribution in [0.5, 0.6) is 0 Å². The number of anilines is 1. The molecule has 1 aliphatic heterocycles. The van der Waals surface area contributed by atoms with E-state index in [1.807, 2.05) is 24.3 Å². The predicted octanol–water partition coefficient (Wildman–Crippen LogP) is 4.03. The Kier molecular flexibility index (Phi) is 4.98. The van der Waals surface area contributed by atoms with E-state index in [9.17, 15) is 4.39 Å². The number of aliphatic imine (C=N–C) groups is 1. The van der Waals surface area contributed by atoms with Crippen LogP contribution in [0.2, 0.25) is 0 Å². The highest BCUT2D eigenvalue weighted by atomic mass is 19.1. The molecule has 6 heteroatoms. The van der Waals surface area contributed by atoms with Crippen LogP contribution in [0.25, 0.3) is 22.6 Å². The summed E-state index contributed by atoms with van der Waals surface area (Å²) < 4.78 is 25.6. The molecule has 5 nitrogen and oxygen atoms in total. The van der Waals surface area contributed by atoms with E-state index in [2.05, 4.69) is 9.89 Å². The Morgan fingerprint density at radius 2 is 1.93 bits per heavy atom. The standard InChI is InChI=1S/C21H20FN3O2/c1-23-14-17-16(15-5-2-3-6-18(15)22)13-19(20-7-4-10-27-20)24-21(17)25-8-11-26-12-9-25/h2-7,10,13-14H,8-9,11-12H2,1H3. The van der Waals surface area contributed by atoms with Gasteiger partial charge in [0.05, 0.1) is 19.5 Å². The van der Waals surface area contributed by atoms with Gasteiger partial charge in [0.2, 0.25) is 0 Å². The highest BCUT2D eigenvalue weighted by molar-refractivity contribution is 5.97. The van der Waals surface area contributed by atoms with Gasteiger partial charge >= 0.3 is 0 Å². The van der Waals surface area contributed by atoms with Crippen LogP contribution in [0.4, 0.5) is 10.2 Å². The van der Waals surface area contributed by atoms with E-state index in [0.717, 1.165) is 30.0 Å². The Morgan fingerprint density at radius 1 is 1.11 bits per heavy atom. The molecule has 2 aromatic heterocycles. The van der Waals surface area contributed by atoms with Gasteiger partial charge in [-0.25, -0.2) is 9.37 Å². The highest BCUT2D eigenvalue weighted by Gasteiger charge is 2.22. The first kappa shape index (κ1) is 17.4. The van der Waals surface area contributed by atoms with E-state index in [1.165, 1.54) is 6.07 Å². The van der Waals surface area contributed by atoms with Crippen LogP contribution in [0.1, 0.15) is 5.56 Å². The molecule has 4 rings (SSSR count). The van der Waals surface area contributed by atoms with E-state index in [1.54, 1.807) is 31.7 Å². The molecular formula is C21H20FN3O2. The average Bonchev–Trinajstić information content (AvgIpc) is 3.24. The van der Waals surface area contributed by atoms with Crippen LogP contribution in [0.15, 0.2) is 58.1 Å². The Hall–Kier alpha value is -2.99. The van der Waals surface area contributed by atoms with Gasteiger partial charge < -0.3 is 14.1 Å². The monoisotopic (exact) mass is 365 g/mol. The molecule has 1 saturated heterocycles. The van der Waals surface area contributed by atoms with Gasteiger partial charge in [-0.1, -0.05) is 18.2 Å². The number of ether oxygens (including phenoxy) is 1. The van der Waals surface area contributed by atoms with Crippen molar-refractivity contribution in [1.29, 1.82) is 0 Å². The van der Waals surface area contributed by atoms with E-state index < -0.39 is 0 Å². The second kappa shape index (κ2) is 7.72. The molecule has 0 aliphatic carbocycles. The molecule has 0 bridgehead atoms. The minimum atomic E-state index is -0.284. The van der Waals surface area contributed by atoms with Crippen LogP contribution >= 0.6 is 0 Å². The number of furan rings is 1. The van der Waals surface area contributed by atoms with Crippen molar-refractivity contribution in [3.8, 4) is 22.6 Å². The lowest BCUT2D eigenvalue weighted by Gasteiger charge is -2.30. The smallest absolute Gasteiger partial charge is 0.152 e. The van der Waals surface area contributed by atoms with Crippen LogP contribution in [0, 0.1) is 5.82 Å². The molecule has 0 radical (unpaired) electrons. The van der Waals surface area contributed by atoms with E-state index in [4.69, 9.17) is 14.1 Å². The van der Waals surface area contributed by atoms with Gasteiger partial charge in [0, 0.05) is 37.5 Å². The minimum Gasteiger partial charge on any atom is -0.463 e. The van der Waals surface area contributed by atoms with Gasteiger partial charge in [-0.05, 0) is 29.8 Å². The lowest BCUT2D eigenvalue weighted by molar-refractivity contribution is 0.122. The van der Waals surface area contributed by atoms with Crippen molar-refractivity contribution in [3.63, 3.8) is 0 Å². The highest BCUT2D eigenvalue weighted by Crippen LogP contribution is 2.35. The summed E-state index contributed by atoms with van der Waals surface area (Å²) in [5, 5.41) is 0. The van der Waals surface area contributed by atoms with E-state index in [-0.39, 0.29) is 5.82 Å². The Balaban J connectivity index is 1.97. The number of hydrogen-bond donors (Lipinski definition) is 0. The Bertz CT molecular complexity index is 948. The fourth-order valence-electron chi connectivity index (χ4n) is 3.27. The summed E-state index contributed by atoms with van der Waals surface area (Å²) in [5.41, 5.74) is 2.70.